The molecule has 2 N–H and O–H groups in total. The van der Waals surface area contributed by atoms with Crippen LogP contribution in [0.2, 0.25) is 0 Å². The molecule has 0 atom stereocenters. The highest BCUT2D eigenvalue weighted by molar-refractivity contribution is 14.0. The summed E-state index contributed by atoms with van der Waals surface area (Å²) in [5, 5.41) is 7.19. The zero-order valence-corrected chi connectivity index (χ0v) is 21.9. The summed E-state index contributed by atoms with van der Waals surface area (Å²) in [4.78, 5) is 12.2. The number of likely N-dealkylation sites (tertiary alicyclic amines) is 1. The molecule has 0 amide bonds. The van der Waals surface area contributed by atoms with Crippen molar-refractivity contribution in [1.29, 1.82) is 0 Å². The molecule has 7 heteroatoms. The number of benzene rings is 1. The number of nitrogens with one attached hydrogen (secondary N) is 2. The topological polar surface area (TPSA) is 46.1 Å². The van der Waals surface area contributed by atoms with E-state index in [4.69, 9.17) is 0 Å². The molecule has 31 heavy (non-hydrogen) atoms. The van der Waals surface area contributed by atoms with Gasteiger partial charge in [-0.3, -0.25) is 9.89 Å². The molecule has 0 unspecified atom stereocenters. The van der Waals surface area contributed by atoms with Gasteiger partial charge in [0.05, 0.1) is 0 Å². The number of nitrogens with zero attached hydrogens (tertiary/aromatic N) is 4. The van der Waals surface area contributed by atoms with E-state index in [0.29, 0.717) is 6.04 Å². The van der Waals surface area contributed by atoms with Gasteiger partial charge in [-0.15, -0.1) is 24.0 Å². The van der Waals surface area contributed by atoms with Gasteiger partial charge in [-0.05, 0) is 56.7 Å². The average Bonchev–Trinajstić information content (AvgIpc) is 3.61. The molecule has 4 rings (SSSR count). The maximum absolute atomic E-state index is 4.46. The molecule has 1 saturated carbocycles. The molecule has 6 nitrogen and oxygen atoms in total. The van der Waals surface area contributed by atoms with Gasteiger partial charge in [0.1, 0.15) is 0 Å². The molecule has 1 aromatic rings. The van der Waals surface area contributed by atoms with Crippen molar-refractivity contribution in [1.82, 2.24) is 20.4 Å². The molecule has 2 aliphatic heterocycles. The second-order valence-corrected chi connectivity index (χ2v) is 9.23. The Morgan fingerprint density at radius 1 is 1.00 bits per heavy atom. The third-order valence-corrected chi connectivity index (χ3v) is 7.17. The number of anilines is 1. The van der Waals surface area contributed by atoms with Crippen molar-refractivity contribution in [3.63, 3.8) is 0 Å². The van der Waals surface area contributed by atoms with Crippen LogP contribution in [0.1, 0.15) is 36.8 Å². The standard InChI is InChI=1S/C24H40N6.HI/c1-19-5-4-6-23(20(19)2)30-17-15-28(16-18-30)14-11-26-24(25-3)27-21-9-12-29(13-10-21)22-7-8-22;/h4-6,21-22H,7-18H2,1-3H3,(H2,25,26,27);1H. The summed E-state index contributed by atoms with van der Waals surface area (Å²) in [5.74, 6) is 0.967. The van der Waals surface area contributed by atoms with Crippen LogP contribution in [0.25, 0.3) is 0 Å². The number of guanidine groups is 1. The Labute approximate surface area is 205 Å². The normalized spacial score (nSPS) is 21.6. The smallest absolute Gasteiger partial charge is 0.191 e. The Morgan fingerprint density at radius 2 is 1.71 bits per heavy atom. The minimum Gasteiger partial charge on any atom is -0.369 e. The zero-order chi connectivity index (χ0) is 20.9. The molecular weight excluding hydrogens is 499 g/mol. The second kappa shape index (κ2) is 11.7. The van der Waals surface area contributed by atoms with Gasteiger partial charge in [-0.1, -0.05) is 12.1 Å². The number of aliphatic imine (C=N–C) groups is 1. The molecule has 0 radical (unpaired) electrons. The van der Waals surface area contributed by atoms with Crippen LogP contribution < -0.4 is 15.5 Å². The van der Waals surface area contributed by atoms with Gasteiger partial charge < -0.3 is 20.4 Å². The third-order valence-electron chi connectivity index (χ3n) is 7.17. The summed E-state index contributed by atoms with van der Waals surface area (Å²) in [6.07, 6.45) is 5.30. The fourth-order valence-corrected chi connectivity index (χ4v) is 4.86. The highest BCUT2D eigenvalue weighted by atomic mass is 127. The minimum absolute atomic E-state index is 0. The average molecular weight is 541 g/mol. The van der Waals surface area contributed by atoms with Crippen LogP contribution in [0.4, 0.5) is 5.69 Å². The van der Waals surface area contributed by atoms with Gasteiger partial charge in [-0.25, -0.2) is 0 Å². The number of piperazine rings is 1. The van der Waals surface area contributed by atoms with Crippen LogP contribution in [0.5, 0.6) is 0 Å². The first-order chi connectivity index (χ1) is 14.6. The van der Waals surface area contributed by atoms with E-state index in [-0.39, 0.29) is 24.0 Å². The largest absolute Gasteiger partial charge is 0.369 e. The van der Waals surface area contributed by atoms with E-state index < -0.39 is 0 Å². The summed E-state index contributed by atoms with van der Waals surface area (Å²) < 4.78 is 0. The molecule has 1 aromatic carbocycles. The van der Waals surface area contributed by atoms with E-state index in [0.717, 1.165) is 51.3 Å². The van der Waals surface area contributed by atoms with Crippen molar-refractivity contribution in [2.45, 2.75) is 51.6 Å². The fraction of sp³-hybridized carbons (Fsp3) is 0.708. The highest BCUT2D eigenvalue weighted by Crippen LogP contribution is 2.29. The Hall–Kier alpha value is -1.06. The van der Waals surface area contributed by atoms with Crippen LogP contribution in [-0.2, 0) is 0 Å². The monoisotopic (exact) mass is 540 g/mol. The van der Waals surface area contributed by atoms with Crippen molar-refractivity contribution >= 4 is 35.6 Å². The number of hydrogen-bond acceptors (Lipinski definition) is 4. The number of halogens is 1. The predicted molar refractivity (Wildman–Crippen MR) is 142 cm³/mol. The number of piperidine rings is 1. The second-order valence-electron chi connectivity index (χ2n) is 9.23. The Kier molecular flexibility index (Phi) is 9.28. The van der Waals surface area contributed by atoms with E-state index >= 15 is 0 Å². The van der Waals surface area contributed by atoms with E-state index in [9.17, 15) is 0 Å². The summed E-state index contributed by atoms with van der Waals surface area (Å²) in [7, 11) is 1.89. The summed E-state index contributed by atoms with van der Waals surface area (Å²) in [6.45, 7) is 13.4. The zero-order valence-electron chi connectivity index (χ0n) is 19.6. The van der Waals surface area contributed by atoms with E-state index in [1.54, 1.807) is 0 Å². The molecule has 3 fully saturated rings. The van der Waals surface area contributed by atoms with E-state index in [1.807, 2.05) is 7.05 Å². The number of rotatable bonds is 6. The Bertz CT molecular complexity index is 719. The lowest BCUT2D eigenvalue weighted by Gasteiger charge is -2.37. The summed E-state index contributed by atoms with van der Waals surface area (Å²) in [5.41, 5.74) is 4.21. The van der Waals surface area contributed by atoms with Crippen molar-refractivity contribution in [3.8, 4) is 0 Å². The van der Waals surface area contributed by atoms with Crippen LogP contribution >= 0.6 is 24.0 Å². The van der Waals surface area contributed by atoms with Gasteiger partial charge in [0.15, 0.2) is 5.96 Å². The highest BCUT2D eigenvalue weighted by Gasteiger charge is 2.31. The summed E-state index contributed by atoms with van der Waals surface area (Å²) >= 11 is 0. The van der Waals surface area contributed by atoms with Gasteiger partial charge in [0.2, 0.25) is 0 Å². The van der Waals surface area contributed by atoms with Gasteiger partial charge in [-0.2, -0.15) is 0 Å². The van der Waals surface area contributed by atoms with Crippen molar-refractivity contribution in [3.05, 3.63) is 29.3 Å². The lowest BCUT2D eigenvalue weighted by atomic mass is 10.1. The first-order valence-electron chi connectivity index (χ1n) is 11.9. The maximum atomic E-state index is 4.46. The van der Waals surface area contributed by atoms with Crippen molar-refractivity contribution in [2.75, 3.05) is 64.3 Å². The molecule has 2 saturated heterocycles. The molecule has 0 aromatic heterocycles. The molecule has 174 valence electrons. The first-order valence-corrected chi connectivity index (χ1v) is 11.9. The molecule has 1 aliphatic carbocycles. The molecular formula is C24H41IN6. The molecule has 0 spiro atoms. The van der Waals surface area contributed by atoms with Crippen LogP contribution in [0.15, 0.2) is 23.2 Å². The molecule has 3 aliphatic rings. The van der Waals surface area contributed by atoms with Crippen LogP contribution in [0.3, 0.4) is 0 Å². The molecule has 0 bridgehead atoms. The van der Waals surface area contributed by atoms with Crippen LogP contribution in [0, 0.1) is 13.8 Å². The maximum Gasteiger partial charge on any atom is 0.191 e. The van der Waals surface area contributed by atoms with E-state index in [1.165, 1.54) is 55.6 Å². The van der Waals surface area contributed by atoms with Crippen molar-refractivity contribution < 1.29 is 0 Å². The quantitative estimate of drug-likeness (QED) is 0.330. The lowest BCUT2D eigenvalue weighted by molar-refractivity contribution is 0.197. The van der Waals surface area contributed by atoms with E-state index in [2.05, 4.69) is 62.4 Å². The molecule has 2 heterocycles. The van der Waals surface area contributed by atoms with Gasteiger partial charge in [0, 0.05) is 77.2 Å². The van der Waals surface area contributed by atoms with Gasteiger partial charge >= 0.3 is 0 Å². The lowest BCUT2D eigenvalue weighted by Crippen LogP contribution is -2.51. The number of aryl methyl sites for hydroxylation is 1. The van der Waals surface area contributed by atoms with Crippen LogP contribution in [-0.4, -0.2) is 87.2 Å². The SMILES string of the molecule is CN=C(NCCN1CCN(c2cccc(C)c2C)CC1)NC1CCN(C2CC2)CC1.I. The first kappa shape index (κ1) is 24.6. The Morgan fingerprint density at radius 3 is 2.35 bits per heavy atom. The third kappa shape index (κ3) is 6.71. The predicted octanol–water partition coefficient (Wildman–Crippen LogP) is 2.84. The fourth-order valence-electron chi connectivity index (χ4n) is 4.86. The van der Waals surface area contributed by atoms with Gasteiger partial charge in [0.25, 0.3) is 0 Å². The Balaban J connectivity index is 0.00000272. The summed E-state index contributed by atoms with van der Waals surface area (Å²) in [6, 6.07) is 8.12. The van der Waals surface area contributed by atoms with Crippen molar-refractivity contribution in [2.24, 2.45) is 4.99 Å². The number of hydrogen-bond donors (Lipinski definition) is 2. The minimum atomic E-state index is 0.